The molecule has 0 aromatic rings. The van der Waals surface area contributed by atoms with E-state index >= 15 is 0 Å². The van der Waals surface area contributed by atoms with Gasteiger partial charge in [0, 0.05) is 38.1 Å². The summed E-state index contributed by atoms with van der Waals surface area (Å²) in [5.74, 6) is 1.34. The molecule has 9 nitrogen and oxygen atoms in total. The van der Waals surface area contributed by atoms with Crippen LogP contribution in [0, 0.1) is 11.3 Å². The van der Waals surface area contributed by atoms with Crippen molar-refractivity contribution in [2.45, 2.75) is 70.0 Å². The lowest BCUT2D eigenvalue weighted by atomic mass is 9.92. The van der Waals surface area contributed by atoms with Gasteiger partial charge in [-0.05, 0) is 33.8 Å². The van der Waals surface area contributed by atoms with E-state index in [1.807, 2.05) is 0 Å². The number of ether oxygens (including phenoxy) is 2. The predicted molar refractivity (Wildman–Crippen MR) is 114 cm³/mol. The number of nitriles is 1. The Morgan fingerprint density at radius 1 is 1.33 bits per heavy atom. The van der Waals surface area contributed by atoms with E-state index in [2.05, 4.69) is 38.4 Å². The molecule has 0 amide bonds. The van der Waals surface area contributed by atoms with Gasteiger partial charge in [0.25, 0.3) is 8.53 Å². The van der Waals surface area contributed by atoms with Crippen molar-refractivity contribution in [3.8, 4) is 6.07 Å². The van der Waals surface area contributed by atoms with E-state index in [0.717, 1.165) is 0 Å². The second-order valence-electron chi connectivity index (χ2n) is 7.61. The number of hydrogen-bond donors (Lipinski definition) is 0. The molecule has 0 spiro atoms. The Morgan fingerprint density at radius 2 is 1.97 bits per heavy atom. The Hall–Kier alpha value is -0.325. The van der Waals surface area contributed by atoms with Crippen LogP contribution in [0.3, 0.4) is 0 Å². The van der Waals surface area contributed by atoms with Gasteiger partial charge in [-0.2, -0.15) is 5.26 Å². The smallest absolute Gasteiger partial charge is 0.353 e. The van der Waals surface area contributed by atoms with E-state index in [9.17, 15) is 4.57 Å². The summed E-state index contributed by atoms with van der Waals surface area (Å²) in [4.78, 5) is 0. The second-order valence-corrected chi connectivity index (χ2v) is 11.1. The fourth-order valence-corrected chi connectivity index (χ4v) is 6.12. The maximum absolute atomic E-state index is 12.5. The Labute approximate surface area is 181 Å². The summed E-state index contributed by atoms with van der Waals surface area (Å²) in [7, 11) is 3.78. The zero-order valence-electron chi connectivity index (χ0n) is 18.4. The number of hydrogen-bond acceptors (Lipinski definition) is 9. The lowest BCUT2D eigenvalue weighted by molar-refractivity contribution is -0.0920. The van der Waals surface area contributed by atoms with Crippen LogP contribution in [0.25, 0.3) is 0 Å². The Balaban J connectivity index is 2.31. The highest BCUT2D eigenvalue weighted by atomic mass is 31.2. The van der Waals surface area contributed by atoms with Crippen LogP contribution >= 0.6 is 16.1 Å². The van der Waals surface area contributed by atoms with Crippen LogP contribution in [0.1, 0.15) is 34.1 Å². The minimum Gasteiger partial charge on any atom is -0.370 e. The first-order chi connectivity index (χ1) is 14.1. The molecule has 2 rings (SSSR count). The molecular weight excluding hydrogens is 429 g/mol. The summed E-state index contributed by atoms with van der Waals surface area (Å²) >= 11 is 0. The third-order valence-corrected chi connectivity index (χ3v) is 8.52. The fourth-order valence-electron chi connectivity index (χ4n) is 3.50. The largest absolute Gasteiger partial charge is 0.370 e. The summed E-state index contributed by atoms with van der Waals surface area (Å²) in [6.07, 6.45) is 0.753. The molecule has 168 valence electrons. The summed E-state index contributed by atoms with van der Waals surface area (Å²) in [6, 6.07) is 1.65. The topological polar surface area (TPSA) is 99.5 Å². The summed E-state index contributed by atoms with van der Waals surface area (Å²) < 4.78 is 48.8. The zero-order valence-corrected chi connectivity index (χ0v) is 20.2. The summed E-state index contributed by atoms with van der Waals surface area (Å²) in [5, 5.41) is 8.89. The molecule has 2 aliphatic rings. The van der Waals surface area contributed by atoms with E-state index in [0.29, 0.717) is 0 Å². The second kappa shape index (κ2) is 11.0. The van der Waals surface area contributed by atoms with Crippen molar-refractivity contribution in [1.29, 1.82) is 5.26 Å². The molecule has 0 N–H and O–H groups in total. The molecule has 2 aliphatic heterocycles. The molecule has 5 atom stereocenters. The maximum Gasteiger partial charge on any atom is 0.353 e. The highest BCUT2D eigenvalue weighted by molar-refractivity contribution is 7.57. The van der Waals surface area contributed by atoms with E-state index in [4.69, 9.17) is 40.7 Å². The van der Waals surface area contributed by atoms with Crippen molar-refractivity contribution in [2.75, 3.05) is 27.4 Å². The molecule has 0 aliphatic carbocycles. The summed E-state index contributed by atoms with van der Waals surface area (Å²) in [5.41, 5.74) is -1.05. The molecule has 2 radical (unpaired) electrons. The Morgan fingerprint density at radius 3 is 2.47 bits per heavy atom. The molecule has 1 unspecified atom stereocenters. The SMILES string of the molecule is [B][C@@H]1O[C@@]2(/C=C/P(=O)(OC)OC)CO[C@@H]1[C@@H]2OP(OCCC#N)N(C(C)C)C(C)C. The van der Waals surface area contributed by atoms with Crippen LogP contribution in [0.5, 0.6) is 0 Å². The number of rotatable bonds is 12. The minimum atomic E-state index is -3.41. The van der Waals surface area contributed by atoms with Gasteiger partial charge in [-0.25, -0.2) is 4.67 Å². The molecule has 30 heavy (non-hydrogen) atoms. The molecular formula is C18H31BN2O7P2. The monoisotopic (exact) mass is 460 g/mol. The zero-order chi connectivity index (χ0) is 22.5. The normalized spacial score (nSPS) is 30.1. The van der Waals surface area contributed by atoms with Gasteiger partial charge in [-0.3, -0.25) is 4.57 Å². The molecule has 2 heterocycles. The van der Waals surface area contributed by atoms with Crippen LogP contribution in [0.4, 0.5) is 0 Å². The van der Waals surface area contributed by atoms with Crippen molar-refractivity contribution in [1.82, 2.24) is 4.67 Å². The van der Waals surface area contributed by atoms with Gasteiger partial charge in [0.2, 0.25) is 0 Å². The predicted octanol–water partition coefficient (Wildman–Crippen LogP) is 3.31. The van der Waals surface area contributed by atoms with Crippen LogP contribution in [-0.4, -0.2) is 75.8 Å². The van der Waals surface area contributed by atoms with Gasteiger partial charge in [-0.1, -0.05) is 0 Å². The number of fused-ring (bicyclic) bond motifs is 2. The summed E-state index contributed by atoms with van der Waals surface area (Å²) in [6.45, 7) is 8.64. The van der Waals surface area contributed by atoms with Crippen LogP contribution in [0.15, 0.2) is 11.9 Å². The molecule has 2 bridgehead atoms. The molecule has 0 aromatic heterocycles. The molecule has 2 saturated heterocycles. The van der Waals surface area contributed by atoms with E-state index in [1.165, 1.54) is 20.0 Å². The van der Waals surface area contributed by atoms with Crippen LogP contribution in [-0.2, 0) is 32.1 Å². The number of nitrogens with zero attached hydrogens (tertiary/aromatic N) is 2. The first kappa shape index (κ1) is 25.9. The van der Waals surface area contributed by atoms with Gasteiger partial charge in [0.05, 0.1) is 25.7 Å². The quantitative estimate of drug-likeness (QED) is 0.247. The molecule has 2 fully saturated rings. The average Bonchev–Trinajstić information content (AvgIpc) is 3.16. The Bertz CT molecular complexity index is 674. The van der Waals surface area contributed by atoms with Gasteiger partial charge in [-0.15, -0.1) is 0 Å². The molecule has 0 aromatic carbocycles. The highest BCUT2D eigenvalue weighted by Gasteiger charge is 2.61. The average molecular weight is 460 g/mol. The van der Waals surface area contributed by atoms with Crippen molar-refractivity contribution in [3.63, 3.8) is 0 Å². The van der Waals surface area contributed by atoms with Gasteiger partial charge in [0.1, 0.15) is 25.7 Å². The Kier molecular flexibility index (Phi) is 9.51. The third kappa shape index (κ3) is 5.72. The van der Waals surface area contributed by atoms with E-state index < -0.39 is 39.9 Å². The molecule has 12 heteroatoms. The first-order valence-corrected chi connectivity index (χ1v) is 12.6. The van der Waals surface area contributed by atoms with Crippen LogP contribution in [0.2, 0.25) is 0 Å². The van der Waals surface area contributed by atoms with Crippen molar-refractivity contribution >= 4 is 24.0 Å². The molecule has 0 saturated carbocycles. The highest BCUT2D eigenvalue weighted by Crippen LogP contribution is 2.55. The lowest BCUT2D eigenvalue weighted by Crippen LogP contribution is -2.41. The van der Waals surface area contributed by atoms with Crippen molar-refractivity contribution in [3.05, 3.63) is 11.9 Å². The standard InChI is InChI=1S/C18H31BN2O7P2/c1-13(2)21(14(3)4)29(26-10-7-9-20)28-16-15-17(19)27-18(16,12-25-15)8-11-30(22,23-5)24-6/h8,11,13-17H,7,10,12H2,1-6H3/b11-8+/t15-,16+,17-,18+,29?/m1/s1. The minimum absolute atomic E-state index is 0.140. The third-order valence-electron chi connectivity index (χ3n) is 4.87. The maximum atomic E-state index is 12.5. The van der Waals surface area contributed by atoms with Gasteiger partial charge >= 0.3 is 7.60 Å². The van der Waals surface area contributed by atoms with Crippen molar-refractivity contribution in [2.24, 2.45) is 0 Å². The van der Waals surface area contributed by atoms with Crippen LogP contribution < -0.4 is 0 Å². The van der Waals surface area contributed by atoms with E-state index in [-0.39, 0.29) is 31.7 Å². The first-order valence-electron chi connectivity index (χ1n) is 9.84. The fraction of sp³-hybridized carbons (Fsp3) is 0.833. The lowest BCUT2D eigenvalue weighted by Gasteiger charge is -2.38. The van der Waals surface area contributed by atoms with Crippen molar-refractivity contribution < 1.29 is 32.1 Å². The van der Waals surface area contributed by atoms with Gasteiger partial charge < -0.3 is 27.6 Å². The van der Waals surface area contributed by atoms with Gasteiger partial charge in [0.15, 0.2) is 0 Å². The van der Waals surface area contributed by atoms with E-state index in [1.54, 1.807) is 6.08 Å².